The number of fused-ring (bicyclic) bond motifs is 1. The van der Waals surface area contributed by atoms with Gasteiger partial charge < -0.3 is 14.2 Å². The maximum atomic E-state index is 12.8. The molecule has 0 saturated carbocycles. The predicted octanol–water partition coefficient (Wildman–Crippen LogP) is 3.10. The SMILES string of the molecule is COC(=O)[C@@H]1[C@@H](c2ccccc2)c2ccccc2[C@@H](OC)[C@@H]1C(=O)OC. The van der Waals surface area contributed by atoms with Gasteiger partial charge in [-0.05, 0) is 16.7 Å². The zero-order valence-corrected chi connectivity index (χ0v) is 15.0. The fourth-order valence-electron chi connectivity index (χ4n) is 3.98. The molecule has 0 unspecified atom stereocenters. The number of carbonyl (C=O) groups is 2. The van der Waals surface area contributed by atoms with Crippen LogP contribution >= 0.6 is 0 Å². The third-order valence-electron chi connectivity index (χ3n) is 5.07. The van der Waals surface area contributed by atoms with Gasteiger partial charge in [-0.25, -0.2) is 0 Å². The van der Waals surface area contributed by atoms with Gasteiger partial charge in [-0.1, -0.05) is 54.6 Å². The van der Waals surface area contributed by atoms with E-state index in [-0.39, 0.29) is 5.92 Å². The van der Waals surface area contributed by atoms with Crippen LogP contribution < -0.4 is 0 Å². The highest BCUT2D eigenvalue weighted by molar-refractivity contribution is 5.85. The summed E-state index contributed by atoms with van der Waals surface area (Å²) in [5.74, 6) is -2.80. The molecule has 2 aromatic rings. The second-order valence-corrected chi connectivity index (χ2v) is 6.27. The molecule has 0 N–H and O–H groups in total. The minimum Gasteiger partial charge on any atom is -0.469 e. The lowest BCUT2D eigenvalue weighted by Gasteiger charge is -2.41. The van der Waals surface area contributed by atoms with Crippen LogP contribution in [-0.4, -0.2) is 33.3 Å². The van der Waals surface area contributed by atoms with Crippen LogP contribution in [0.5, 0.6) is 0 Å². The Labute approximate surface area is 152 Å². The second kappa shape index (κ2) is 7.70. The number of carbonyl (C=O) groups excluding carboxylic acids is 2. The number of benzene rings is 2. The van der Waals surface area contributed by atoms with Crippen molar-refractivity contribution < 1.29 is 23.8 Å². The molecule has 1 aliphatic carbocycles. The average Bonchev–Trinajstić information content (AvgIpc) is 2.71. The summed E-state index contributed by atoms with van der Waals surface area (Å²) in [6.07, 6.45) is -0.581. The highest BCUT2D eigenvalue weighted by Gasteiger charge is 2.51. The smallest absolute Gasteiger partial charge is 0.312 e. The minimum atomic E-state index is -0.794. The second-order valence-electron chi connectivity index (χ2n) is 6.27. The van der Waals surface area contributed by atoms with Crippen molar-refractivity contribution in [1.29, 1.82) is 0 Å². The molecule has 0 amide bonds. The van der Waals surface area contributed by atoms with Gasteiger partial charge in [-0.15, -0.1) is 0 Å². The lowest BCUT2D eigenvalue weighted by Crippen LogP contribution is -2.44. The van der Waals surface area contributed by atoms with Crippen LogP contribution in [0.2, 0.25) is 0 Å². The molecule has 0 saturated heterocycles. The van der Waals surface area contributed by atoms with Crippen molar-refractivity contribution in [2.24, 2.45) is 11.8 Å². The summed E-state index contributed by atoms with van der Waals surface area (Å²) >= 11 is 0. The van der Waals surface area contributed by atoms with Gasteiger partial charge in [-0.2, -0.15) is 0 Å². The monoisotopic (exact) mass is 354 g/mol. The van der Waals surface area contributed by atoms with E-state index in [1.807, 2.05) is 54.6 Å². The number of methoxy groups -OCH3 is 3. The van der Waals surface area contributed by atoms with Crippen LogP contribution in [0.1, 0.15) is 28.7 Å². The maximum Gasteiger partial charge on any atom is 0.312 e. The fraction of sp³-hybridized carbons (Fsp3) is 0.333. The largest absolute Gasteiger partial charge is 0.469 e. The lowest BCUT2D eigenvalue weighted by atomic mass is 9.65. The van der Waals surface area contributed by atoms with E-state index in [0.717, 1.165) is 16.7 Å². The number of esters is 2. The van der Waals surface area contributed by atoms with Gasteiger partial charge in [0.15, 0.2) is 0 Å². The maximum absolute atomic E-state index is 12.8. The summed E-state index contributed by atoms with van der Waals surface area (Å²) in [5, 5.41) is 0. The molecule has 5 nitrogen and oxygen atoms in total. The molecule has 0 bridgehead atoms. The number of hydrogen-bond acceptors (Lipinski definition) is 5. The van der Waals surface area contributed by atoms with E-state index >= 15 is 0 Å². The third-order valence-corrected chi connectivity index (χ3v) is 5.07. The molecule has 0 radical (unpaired) electrons. The van der Waals surface area contributed by atoms with Crippen molar-refractivity contribution in [3.63, 3.8) is 0 Å². The summed E-state index contributed by atoms with van der Waals surface area (Å²) in [6.45, 7) is 0. The number of rotatable bonds is 4. The van der Waals surface area contributed by atoms with Gasteiger partial charge in [0.2, 0.25) is 0 Å². The zero-order chi connectivity index (χ0) is 18.7. The molecule has 0 fully saturated rings. The fourth-order valence-corrected chi connectivity index (χ4v) is 3.98. The normalized spacial score (nSPS) is 24.4. The van der Waals surface area contributed by atoms with Gasteiger partial charge >= 0.3 is 11.9 Å². The van der Waals surface area contributed by atoms with Crippen LogP contribution in [-0.2, 0) is 23.8 Å². The summed E-state index contributed by atoms with van der Waals surface area (Å²) in [6, 6.07) is 17.4. The Morgan fingerprint density at radius 2 is 1.27 bits per heavy atom. The van der Waals surface area contributed by atoms with E-state index in [2.05, 4.69) is 0 Å². The van der Waals surface area contributed by atoms with Crippen molar-refractivity contribution in [3.05, 3.63) is 71.3 Å². The first kappa shape index (κ1) is 18.1. The van der Waals surface area contributed by atoms with Gasteiger partial charge in [0.05, 0.1) is 26.2 Å². The highest BCUT2D eigenvalue weighted by Crippen LogP contribution is 2.50. The van der Waals surface area contributed by atoms with Gasteiger partial charge in [0.25, 0.3) is 0 Å². The number of ether oxygens (including phenoxy) is 3. The Morgan fingerprint density at radius 1 is 0.731 bits per heavy atom. The first-order chi connectivity index (χ1) is 12.6. The Morgan fingerprint density at radius 3 is 1.85 bits per heavy atom. The third kappa shape index (κ3) is 2.99. The molecule has 0 heterocycles. The molecule has 0 aromatic heterocycles. The molecule has 0 spiro atoms. The highest BCUT2D eigenvalue weighted by atomic mass is 16.5. The van der Waals surface area contributed by atoms with Crippen molar-refractivity contribution in [3.8, 4) is 0 Å². The van der Waals surface area contributed by atoms with Crippen LogP contribution in [0.3, 0.4) is 0 Å². The Kier molecular flexibility index (Phi) is 5.38. The van der Waals surface area contributed by atoms with Crippen LogP contribution in [0.4, 0.5) is 0 Å². The molecular weight excluding hydrogens is 332 g/mol. The van der Waals surface area contributed by atoms with Crippen molar-refractivity contribution >= 4 is 11.9 Å². The summed E-state index contributed by atoms with van der Waals surface area (Å²) in [7, 11) is 4.19. The minimum absolute atomic E-state index is 0.324. The van der Waals surface area contributed by atoms with E-state index in [1.54, 1.807) is 0 Å². The van der Waals surface area contributed by atoms with Crippen LogP contribution in [0.15, 0.2) is 54.6 Å². The van der Waals surface area contributed by atoms with Gasteiger partial charge in [0, 0.05) is 13.0 Å². The number of hydrogen-bond donors (Lipinski definition) is 0. The molecule has 136 valence electrons. The zero-order valence-electron chi connectivity index (χ0n) is 15.0. The topological polar surface area (TPSA) is 61.8 Å². The van der Waals surface area contributed by atoms with Crippen LogP contribution in [0.25, 0.3) is 0 Å². The molecule has 2 aromatic carbocycles. The van der Waals surface area contributed by atoms with E-state index in [9.17, 15) is 9.59 Å². The van der Waals surface area contributed by atoms with Crippen LogP contribution in [0, 0.1) is 11.8 Å². The molecule has 0 aliphatic heterocycles. The summed E-state index contributed by atoms with van der Waals surface area (Å²) < 4.78 is 15.7. The standard InChI is InChI=1S/C21H22O5/c1-24-19-15-12-8-7-11-14(15)16(13-9-5-4-6-10-13)17(20(22)25-2)18(19)21(23)26-3/h4-12,16-19H,1-3H3/t16-,17+,18+,19+/m0/s1. The molecule has 4 atom stereocenters. The molecule has 1 aliphatic rings. The Hall–Kier alpha value is -2.66. The lowest BCUT2D eigenvalue weighted by molar-refractivity contribution is -0.166. The van der Waals surface area contributed by atoms with Crippen molar-refractivity contribution in [2.75, 3.05) is 21.3 Å². The first-order valence-corrected chi connectivity index (χ1v) is 8.46. The van der Waals surface area contributed by atoms with Gasteiger partial charge in [-0.3, -0.25) is 9.59 Å². The van der Waals surface area contributed by atoms with E-state index in [1.165, 1.54) is 21.3 Å². The molecule has 5 heteroatoms. The predicted molar refractivity (Wildman–Crippen MR) is 95.5 cm³/mol. The average molecular weight is 354 g/mol. The van der Waals surface area contributed by atoms with E-state index in [4.69, 9.17) is 14.2 Å². The molecule has 26 heavy (non-hydrogen) atoms. The molecule has 3 rings (SSSR count). The molecular formula is C21H22O5. The Balaban J connectivity index is 2.27. The Bertz CT molecular complexity index is 786. The first-order valence-electron chi connectivity index (χ1n) is 8.46. The van der Waals surface area contributed by atoms with Crippen molar-refractivity contribution in [2.45, 2.75) is 12.0 Å². The van der Waals surface area contributed by atoms with Gasteiger partial charge in [0.1, 0.15) is 5.92 Å². The quantitative estimate of drug-likeness (QED) is 0.790. The van der Waals surface area contributed by atoms with E-state index < -0.39 is 29.9 Å². The van der Waals surface area contributed by atoms with E-state index in [0.29, 0.717) is 0 Å². The summed E-state index contributed by atoms with van der Waals surface area (Å²) in [5.41, 5.74) is 2.79. The summed E-state index contributed by atoms with van der Waals surface area (Å²) in [4.78, 5) is 25.4. The van der Waals surface area contributed by atoms with Crippen molar-refractivity contribution in [1.82, 2.24) is 0 Å².